The number of aryl methyl sites for hydroxylation is 1. The molecule has 0 fully saturated rings. The van der Waals surface area contributed by atoms with Crippen molar-refractivity contribution < 1.29 is 0 Å². The molecule has 0 spiro atoms. The zero-order chi connectivity index (χ0) is 10.8. The molecule has 1 heterocycles. The summed E-state index contributed by atoms with van der Waals surface area (Å²) in [5, 5.41) is 3.46. The molecule has 1 rings (SSSR count). The smallest absolute Gasteiger partial charge is 0.0531 e. The summed E-state index contributed by atoms with van der Waals surface area (Å²) in [6.45, 7) is 10.9. The summed E-state index contributed by atoms with van der Waals surface area (Å²) in [7, 11) is 0. The van der Waals surface area contributed by atoms with Gasteiger partial charge in [0.15, 0.2) is 0 Å². The van der Waals surface area contributed by atoms with Crippen molar-refractivity contribution in [2.24, 2.45) is 5.41 Å². The van der Waals surface area contributed by atoms with E-state index in [1.165, 1.54) is 5.56 Å². The van der Waals surface area contributed by atoms with E-state index in [1.807, 2.05) is 12.4 Å². The summed E-state index contributed by atoms with van der Waals surface area (Å²) in [6, 6.07) is 2.56. The summed E-state index contributed by atoms with van der Waals surface area (Å²) in [4.78, 5) is 4.16. The first-order chi connectivity index (χ1) is 6.39. The van der Waals surface area contributed by atoms with Crippen LogP contribution < -0.4 is 5.32 Å². The van der Waals surface area contributed by atoms with E-state index in [2.05, 4.69) is 51.0 Å². The Hall–Kier alpha value is -1.05. The highest BCUT2D eigenvalue weighted by atomic mass is 14.9. The SMILES string of the molecule is Cc1cncc(NC(C)C(C)(C)C)c1. The van der Waals surface area contributed by atoms with Gasteiger partial charge in [-0.1, -0.05) is 20.8 Å². The highest BCUT2D eigenvalue weighted by Crippen LogP contribution is 2.22. The van der Waals surface area contributed by atoms with Gasteiger partial charge in [-0.15, -0.1) is 0 Å². The maximum Gasteiger partial charge on any atom is 0.0531 e. The molecule has 1 aromatic heterocycles. The molecule has 1 aromatic rings. The average Bonchev–Trinajstić information content (AvgIpc) is 2.02. The van der Waals surface area contributed by atoms with Gasteiger partial charge in [-0.05, 0) is 30.9 Å². The molecule has 1 unspecified atom stereocenters. The van der Waals surface area contributed by atoms with Crippen LogP contribution in [0.25, 0.3) is 0 Å². The first kappa shape index (κ1) is 11.0. The van der Waals surface area contributed by atoms with E-state index in [-0.39, 0.29) is 5.41 Å². The van der Waals surface area contributed by atoms with Crippen molar-refractivity contribution in [3.8, 4) is 0 Å². The highest BCUT2D eigenvalue weighted by Gasteiger charge is 2.19. The Morgan fingerprint density at radius 2 is 1.93 bits per heavy atom. The van der Waals surface area contributed by atoms with Crippen LogP contribution >= 0.6 is 0 Å². The highest BCUT2D eigenvalue weighted by molar-refractivity contribution is 5.43. The van der Waals surface area contributed by atoms with Crippen LogP contribution in [0.2, 0.25) is 0 Å². The van der Waals surface area contributed by atoms with E-state index in [4.69, 9.17) is 0 Å². The lowest BCUT2D eigenvalue weighted by Crippen LogP contribution is -2.30. The molecule has 1 N–H and O–H groups in total. The minimum atomic E-state index is 0.268. The molecule has 78 valence electrons. The molecular formula is C12H20N2. The Balaban J connectivity index is 2.70. The van der Waals surface area contributed by atoms with Crippen LogP contribution in [0.1, 0.15) is 33.3 Å². The van der Waals surface area contributed by atoms with Gasteiger partial charge in [0.1, 0.15) is 0 Å². The number of pyridine rings is 1. The summed E-state index contributed by atoms with van der Waals surface area (Å²) in [5.74, 6) is 0. The van der Waals surface area contributed by atoms with Gasteiger partial charge in [0.05, 0.1) is 5.69 Å². The predicted octanol–water partition coefficient (Wildman–Crippen LogP) is 3.24. The number of rotatable bonds is 2. The van der Waals surface area contributed by atoms with Crippen molar-refractivity contribution in [2.75, 3.05) is 5.32 Å². The number of nitrogens with zero attached hydrogens (tertiary/aromatic N) is 1. The fourth-order valence-electron chi connectivity index (χ4n) is 1.10. The molecule has 2 heteroatoms. The van der Waals surface area contributed by atoms with Crippen molar-refractivity contribution in [2.45, 2.75) is 40.7 Å². The van der Waals surface area contributed by atoms with Crippen LogP contribution in [0, 0.1) is 12.3 Å². The standard InChI is InChI=1S/C12H20N2/c1-9-6-11(8-13-7-9)14-10(2)12(3,4)5/h6-8,10,14H,1-5H3. The summed E-state index contributed by atoms with van der Waals surface area (Å²) in [5.41, 5.74) is 2.56. The van der Waals surface area contributed by atoms with Gasteiger partial charge >= 0.3 is 0 Å². The topological polar surface area (TPSA) is 24.9 Å². The third-order valence-electron chi connectivity index (χ3n) is 2.56. The van der Waals surface area contributed by atoms with Crippen LogP contribution in [-0.4, -0.2) is 11.0 Å². The number of anilines is 1. The van der Waals surface area contributed by atoms with Crippen molar-refractivity contribution in [1.82, 2.24) is 4.98 Å². The van der Waals surface area contributed by atoms with Crippen molar-refractivity contribution >= 4 is 5.69 Å². The van der Waals surface area contributed by atoms with E-state index >= 15 is 0 Å². The lowest BCUT2D eigenvalue weighted by Gasteiger charge is -2.28. The second kappa shape index (κ2) is 3.99. The number of hydrogen-bond acceptors (Lipinski definition) is 2. The molecule has 0 aliphatic carbocycles. The number of aromatic nitrogens is 1. The zero-order valence-corrected chi connectivity index (χ0v) is 9.76. The first-order valence-electron chi connectivity index (χ1n) is 5.08. The second-order valence-electron chi connectivity index (χ2n) is 4.98. The van der Waals surface area contributed by atoms with Gasteiger partial charge in [-0.25, -0.2) is 0 Å². The largest absolute Gasteiger partial charge is 0.381 e. The van der Waals surface area contributed by atoms with Crippen molar-refractivity contribution in [1.29, 1.82) is 0 Å². The molecule has 14 heavy (non-hydrogen) atoms. The maximum atomic E-state index is 4.16. The molecule has 0 aliphatic heterocycles. The molecular weight excluding hydrogens is 172 g/mol. The van der Waals surface area contributed by atoms with Crippen LogP contribution in [0.15, 0.2) is 18.5 Å². The molecule has 0 amide bonds. The quantitative estimate of drug-likeness (QED) is 0.778. The molecule has 0 saturated carbocycles. The Morgan fingerprint density at radius 3 is 2.43 bits per heavy atom. The van der Waals surface area contributed by atoms with Crippen LogP contribution in [-0.2, 0) is 0 Å². The summed E-state index contributed by atoms with van der Waals surface area (Å²) < 4.78 is 0. The number of hydrogen-bond donors (Lipinski definition) is 1. The summed E-state index contributed by atoms with van der Waals surface area (Å²) >= 11 is 0. The summed E-state index contributed by atoms with van der Waals surface area (Å²) in [6.07, 6.45) is 3.74. The van der Waals surface area contributed by atoms with Gasteiger partial charge in [0, 0.05) is 18.4 Å². The molecule has 0 aromatic carbocycles. The first-order valence-corrected chi connectivity index (χ1v) is 5.08. The molecule has 2 nitrogen and oxygen atoms in total. The lowest BCUT2D eigenvalue weighted by molar-refractivity contribution is 0.359. The zero-order valence-electron chi connectivity index (χ0n) is 9.76. The van der Waals surface area contributed by atoms with E-state index in [1.54, 1.807) is 0 Å². The Morgan fingerprint density at radius 1 is 1.29 bits per heavy atom. The van der Waals surface area contributed by atoms with Crippen molar-refractivity contribution in [3.63, 3.8) is 0 Å². The Labute approximate surface area is 86.8 Å². The van der Waals surface area contributed by atoms with Gasteiger partial charge in [0.25, 0.3) is 0 Å². The monoisotopic (exact) mass is 192 g/mol. The lowest BCUT2D eigenvalue weighted by atomic mass is 9.88. The fourth-order valence-corrected chi connectivity index (χ4v) is 1.10. The third-order valence-corrected chi connectivity index (χ3v) is 2.56. The van der Waals surface area contributed by atoms with E-state index in [0.717, 1.165) is 5.69 Å². The average molecular weight is 192 g/mol. The minimum Gasteiger partial charge on any atom is -0.381 e. The van der Waals surface area contributed by atoms with Gasteiger partial charge in [0.2, 0.25) is 0 Å². The van der Waals surface area contributed by atoms with E-state index in [0.29, 0.717) is 6.04 Å². The van der Waals surface area contributed by atoms with Crippen molar-refractivity contribution in [3.05, 3.63) is 24.0 Å². The normalized spacial score (nSPS) is 13.8. The fraction of sp³-hybridized carbons (Fsp3) is 0.583. The predicted molar refractivity (Wildman–Crippen MR) is 61.5 cm³/mol. The van der Waals surface area contributed by atoms with Gasteiger partial charge in [-0.3, -0.25) is 4.98 Å². The maximum absolute atomic E-state index is 4.16. The van der Waals surface area contributed by atoms with Crippen LogP contribution in [0.3, 0.4) is 0 Å². The molecule has 0 saturated heterocycles. The molecule has 0 radical (unpaired) electrons. The minimum absolute atomic E-state index is 0.268. The molecule has 0 bridgehead atoms. The third kappa shape index (κ3) is 3.02. The Kier molecular flexibility index (Phi) is 3.14. The molecule has 1 atom stereocenters. The van der Waals surface area contributed by atoms with Gasteiger partial charge in [-0.2, -0.15) is 0 Å². The van der Waals surface area contributed by atoms with Crippen LogP contribution in [0.5, 0.6) is 0 Å². The van der Waals surface area contributed by atoms with E-state index < -0.39 is 0 Å². The second-order valence-corrected chi connectivity index (χ2v) is 4.98. The van der Waals surface area contributed by atoms with E-state index in [9.17, 15) is 0 Å². The number of nitrogens with one attached hydrogen (secondary N) is 1. The van der Waals surface area contributed by atoms with Crippen LogP contribution in [0.4, 0.5) is 5.69 Å². The Bertz CT molecular complexity index is 299. The van der Waals surface area contributed by atoms with Gasteiger partial charge < -0.3 is 5.32 Å². The molecule has 0 aliphatic rings.